The first-order valence-electron chi connectivity index (χ1n) is 6.40. The fourth-order valence-corrected chi connectivity index (χ4v) is 2.59. The van der Waals surface area contributed by atoms with E-state index in [4.69, 9.17) is 5.73 Å². The number of nitrogens with two attached hydrogens (primary N) is 1. The van der Waals surface area contributed by atoms with Crippen molar-refractivity contribution in [2.24, 2.45) is 5.73 Å². The number of likely N-dealkylation sites (N-methyl/N-ethyl adjacent to an activating group) is 1. The molecule has 0 amide bonds. The summed E-state index contributed by atoms with van der Waals surface area (Å²) < 4.78 is 0. The second kappa shape index (κ2) is 5.63. The predicted octanol–water partition coefficient (Wildman–Crippen LogP) is 1.29. The molecule has 17 heavy (non-hydrogen) atoms. The summed E-state index contributed by atoms with van der Waals surface area (Å²) in [6.45, 7) is 5.44. The van der Waals surface area contributed by atoms with Crippen molar-refractivity contribution in [2.45, 2.75) is 25.4 Å². The molecule has 1 saturated heterocycles. The van der Waals surface area contributed by atoms with E-state index in [1.807, 2.05) is 0 Å². The van der Waals surface area contributed by atoms with Crippen molar-refractivity contribution >= 4 is 0 Å². The van der Waals surface area contributed by atoms with Gasteiger partial charge in [0.1, 0.15) is 0 Å². The van der Waals surface area contributed by atoms with Crippen LogP contribution < -0.4 is 11.1 Å². The fourth-order valence-electron chi connectivity index (χ4n) is 2.59. The van der Waals surface area contributed by atoms with Gasteiger partial charge in [0.25, 0.3) is 0 Å². The van der Waals surface area contributed by atoms with Gasteiger partial charge in [-0.2, -0.15) is 0 Å². The molecule has 0 aliphatic carbocycles. The first kappa shape index (κ1) is 12.6. The van der Waals surface area contributed by atoms with Gasteiger partial charge in [0.05, 0.1) is 0 Å². The fraction of sp³-hybridized carbons (Fsp3) is 0.571. The summed E-state index contributed by atoms with van der Waals surface area (Å²) in [5.41, 5.74) is 8.89. The summed E-state index contributed by atoms with van der Waals surface area (Å²) in [4.78, 5) is 2.37. The molecule has 3 nitrogen and oxygen atoms in total. The van der Waals surface area contributed by atoms with Crippen LogP contribution in [0.5, 0.6) is 0 Å². The second-order valence-electron chi connectivity index (χ2n) is 5.11. The predicted molar refractivity (Wildman–Crippen MR) is 72.0 cm³/mol. The minimum atomic E-state index is 0.139. The van der Waals surface area contributed by atoms with Gasteiger partial charge in [-0.1, -0.05) is 24.3 Å². The monoisotopic (exact) mass is 233 g/mol. The summed E-state index contributed by atoms with van der Waals surface area (Å²) in [5, 5.41) is 3.55. The molecule has 3 heteroatoms. The number of benzene rings is 1. The second-order valence-corrected chi connectivity index (χ2v) is 5.11. The van der Waals surface area contributed by atoms with Crippen LogP contribution in [0.25, 0.3) is 0 Å². The highest BCUT2D eigenvalue weighted by molar-refractivity contribution is 5.28. The van der Waals surface area contributed by atoms with Crippen LogP contribution in [0.4, 0.5) is 0 Å². The number of rotatable bonds is 3. The number of nitrogens with zero attached hydrogens (tertiary/aromatic N) is 1. The van der Waals surface area contributed by atoms with E-state index in [0.717, 1.165) is 26.1 Å². The van der Waals surface area contributed by atoms with E-state index in [0.29, 0.717) is 6.04 Å². The SMILES string of the molecule is Cc1ccccc1C(N)CC1CN(C)CCN1. The maximum atomic E-state index is 6.31. The first-order valence-corrected chi connectivity index (χ1v) is 6.40. The lowest BCUT2D eigenvalue weighted by molar-refractivity contribution is 0.225. The molecule has 3 N–H and O–H groups in total. The van der Waals surface area contributed by atoms with Crippen molar-refractivity contribution in [1.82, 2.24) is 10.2 Å². The quantitative estimate of drug-likeness (QED) is 0.826. The van der Waals surface area contributed by atoms with Gasteiger partial charge in [0, 0.05) is 31.7 Å². The third-order valence-electron chi connectivity index (χ3n) is 3.58. The molecule has 0 saturated carbocycles. The van der Waals surface area contributed by atoms with Crippen LogP contribution in [0.3, 0.4) is 0 Å². The van der Waals surface area contributed by atoms with Crippen LogP contribution in [0.1, 0.15) is 23.6 Å². The molecule has 0 radical (unpaired) electrons. The number of hydrogen-bond donors (Lipinski definition) is 2. The Morgan fingerprint density at radius 2 is 2.24 bits per heavy atom. The van der Waals surface area contributed by atoms with Gasteiger partial charge in [-0.05, 0) is 31.5 Å². The smallest absolute Gasteiger partial charge is 0.0312 e. The standard InChI is InChI=1S/C14H23N3/c1-11-5-3-4-6-13(11)14(15)9-12-10-17(2)8-7-16-12/h3-6,12,14,16H,7-10,15H2,1-2H3. The van der Waals surface area contributed by atoms with Crippen LogP contribution in [-0.4, -0.2) is 37.6 Å². The van der Waals surface area contributed by atoms with Crippen molar-refractivity contribution in [3.63, 3.8) is 0 Å². The Balaban J connectivity index is 1.97. The average Bonchev–Trinajstić information content (AvgIpc) is 2.29. The molecular formula is C14H23N3. The Morgan fingerprint density at radius 3 is 2.94 bits per heavy atom. The van der Waals surface area contributed by atoms with Crippen molar-refractivity contribution in [3.05, 3.63) is 35.4 Å². The lowest BCUT2D eigenvalue weighted by Gasteiger charge is -2.32. The molecule has 0 aromatic heterocycles. The van der Waals surface area contributed by atoms with E-state index in [1.54, 1.807) is 0 Å². The molecule has 2 atom stereocenters. The number of piperazine rings is 1. The Morgan fingerprint density at radius 1 is 1.47 bits per heavy atom. The minimum Gasteiger partial charge on any atom is -0.324 e. The molecule has 0 spiro atoms. The highest BCUT2D eigenvalue weighted by atomic mass is 15.2. The zero-order valence-electron chi connectivity index (χ0n) is 10.8. The Kier molecular flexibility index (Phi) is 4.15. The lowest BCUT2D eigenvalue weighted by atomic mass is 9.95. The summed E-state index contributed by atoms with van der Waals surface area (Å²) in [7, 11) is 2.17. The van der Waals surface area contributed by atoms with Crippen molar-refractivity contribution in [1.29, 1.82) is 0 Å². The molecule has 94 valence electrons. The third-order valence-corrected chi connectivity index (χ3v) is 3.58. The molecule has 1 fully saturated rings. The zero-order chi connectivity index (χ0) is 12.3. The minimum absolute atomic E-state index is 0.139. The lowest BCUT2D eigenvalue weighted by Crippen LogP contribution is -2.49. The molecule has 1 aromatic carbocycles. The topological polar surface area (TPSA) is 41.3 Å². The van der Waals surface area contributed by atoms with Gasteiger partial charge < -0.3 is 16.0 Å². The molecular weight excluding hydrogens is 210 g/mol. The molecule has 0 bridgehead atoms. The van der Waals surface area contributed by atoms with Crippen molar-refractivity contribution in [3.8, 4) is 0 Å². The maximum absolute atomic E-state index is 6.31. The molecule has 2 rings (SSSR count). The van der Waals surface area contributed by atoms with E-state index < -0.39 is 0 Å². The largest absolute Gasteiger partial charge is 0.324 e. The number of aryl methyl sites for hydroxylation is 1. The van der Waals surface area contributed by atoms with Crippen LogP contribution in [0.2, 0.25) is 0 Å². The van der Waals surface area contributed by atoms with Crippen LogP contribution in [0, 0.1) is 6.92 Å². The van der Waals surface area contributed by atoms with Crippen LogP contribution in [-0.2, 0) is 0 Å². The molecule has 1 aromatic rings. The van der Waals surface area contributed by atoms with Crippen LogP contribution >= 0.6 is 0 Å². The first-order chi connectivity index (χ1) is 8.16. The molecule has 1 aliphatic heterocycles. The van der Waals surface area contributed by atoms with Gasteiger partial charge in [0.15, 0.2) is 0 Å². The number of hydrogen-bond acceptors (Lipinski definition) is 3. The van der Waals surface area contributed by atoms with Gasteiger partial charge in [-0.15, -0.1) is 0 Å². The summed E-state index contributed by atoms with van der Waals surface area (Å²) in [5.74, 6) is 0. The summed E-state index contributed by atoms with van der Waals surface area (Å²) >= 11 is 0. The maximum Gasteiger partial charge on any atom is 0.0312 e. The van der Waals surface area contributed by atoms with Crippen LogP contribution in [0.15, 0.2) is 24.3 Å². The summed E-state index contributed by atoms with van der Waals surface area (Å²) in [6, 6.07) is 9.08. The molecule has 2 unspecified atom stereocenters. The Bertz CT molecular complexity index is 364. The van der Waals surface area contributed by atoms with E-state index in [9.17, 15) is 0 Å². The third kappa shape index (κ3) is 3.28. The van der Waals surface area contributed by atoms with E-state index in [1.165, 1.54) is 11.1 Å². The molecule has 1 aliphatic rings. The van der Waals surface area contributed by atoms with E-state index in [-0.39, 0.29) is 6.04 Å². The Labute approximate surface area is 104 Å². The van der Waals surface area contributed by atoms with Crippen molar-refractivity contribution < 1.29 is 0 Å². The van der Waals surface area contributed by atoms with Gasteiger partial charge in [0.2, 0.25) is 0 Å². The Hall–Kier alpha value is -0.900. The number of nitrogens with one attached hydrogen (secondary N) is 1. The van der Waals surface area contributed by atoms with Gasteiger partial charge in [-0.3, -0.25) is 0 Å². The van der Waals surface area contributed by atoms with E-state index >= 15 is 0 Å². The zero-order valence-corrected chi connectivity index (χ0v) is 10.8. The normalized spacial score (nSPS) is 23.6. The summed E-state index contributed by atoms with van der Waals surface area (Å²) in [6.07, 6.45) is 1.01. The molecule has 1 heterocycles. The highest BCUT2D eigenvalue weighted by Crippen LogP contribution is 2.20. The average molecular weight is 233 g/mol. The van der Waals surface area contributed by atoms with E-state index in [2.05, 4.69) is 48.5 Å². The highest BCUT2D eigenvalue weighted by Gasteiger charge is 2.20. The van der Waals surface area contributed by atoms with Gasteiger partial charge >= 0.3 is 0 Å². The van der Waals surface area contributed by atoms with Crippen molar-refractivity contribution in [2.75, 3.05) is 26.7 Å². The van der Waals surface area contributed by atoms with Gasteiger partial charge in [-0.25, -0.2) is 0 Å².